The van der Waals surface area contributed by atoms with Gasteiger partial charge in [-0.05, 0) is 19.9 Å². The molecule has 0 aromatic heterocycles. The number of hydrogen-bond acceptors (Lipinski definition) is 4. The Morgan fingerprint density at radius 2 is 2.17 bits per heavy atom. The van der Waals surface area contributed by atoms with E-state index in [9.17, 15) is 14.9 Å². The molecule has 98 valence electrons. The van der Waals surface area contributed by atoms with E-state index in [1.165, 1.54) is 12.1 Å². The van der Waals surface area contributed by atoms with Crippen molar-refractivity contribution >= 4 is 23.2 Å². The first-order valence-electron chi connectivity index (χ1n) is 5.22. The fourth-order valence-corrected chi connectivity index (χ4v) is 1.53. The molecule has 0 radical (unpaired) electrons. The number of rotatable bonds is 5. The molecule has 1 aromatic rings. The van der Waals surface area contributed by atoms with Gasteiger partial charge in [-0.3, -0.25) is 20.2 Å². The zero-order chi connectivity index (χ0) is 13.9. The van der Waals surface area contributed by atoms with Gasteiger partial charge in [-0.2, -0.15) is 0 Å². The third-order valence-electron chi connectivity index (χ3n) is 2.61. The van der Waals surface area contributed by atoms with Gasteiger partial charge in [-0.15, -0.1) is 0 Å². The highest BCUT2D eigenvalue weighted by Gasteiger charge is 2.26. The molecule has 0 saturated carbocycles. The van der Waals surface area contributed by atoms with E-state index in [1.54, 1.807) is 19.9 Å². The number of nitrogens with two attached hydrogens (primary N) is 1. The minimum atomic E-state index is -0.965. The average molecular weight is 272 g/mol. The summed E-state index contributed by atoms with van der Waals surface area (Å²) in [7, 11) is 0. The molecule has 0 aliphatic heterocycles. The van der Waals surface area contributed by atoms with Crippen LogP contribution in [-0.2, 0) is 11.3 Å². The van der Waals surface area contributed by atoms with Crippen LogP contribution in [0.3, 0.4) is 0 Å². The monoisotopic (exact) mass is 271 g/mol. The fraction of sp³-hybridized carbons (Fsp3) is 0.364. The lowest BCUT2D eigenvalue weighted by molar-refractivity contribution is -0.385. The number of nitrogens with one attached hydrogen (secondary N) is 1. The Morgan fingerprint density at radius 1 is 1.56 bits per heavy atom. The second-order valence-electron chi connectivity index (χ2n) is 4.34. The third kappa shape index (κ3) is 3.18. The van der Waals surface area contributed by atoms with Gasteiger partial charge in [0.05, 0.1) is 21.0 Å². The second-order valence-corrected chi connectivity index (χ2v) is 4.74. The van der Waals surface area contributed by atoms with E-state index in [1.807, 2.05) is 0 Å². The van der Waals surface area contributed by atoms with E-state index in [0.29, 0.717) is 5.56 Å². The average Bonchev–Trinajstić information content (AvgIpc) is 2.26. The summed E-state index contributed by atoms with van der Waals surface area (Å²) in [5, 5.41) is 14.0. The van der Waals surface area contributed by atoms with Crippen molar-refractivity contribution in [1.82, 2.24) is 5.32 Å². The van der Waals surface area contributed by atoms with Crippen molar-refractivity contribution in [2.75, 3.05) is 0 Å². The maximum atomic E-state index is 11.1. The van der Waals surface area contributed by atoms with Gasteiger partial charge in [0.1, 0.15) is 0 Å². The summed E-state index contributed by atoms with van der Waals surface area (Å²) in [6, 6.07) is 4.42. The van der Waals surface area contributed by atoms with Gasteiger partial charge >= 0.3 is 0 Å². The molecule has 1 rings (SSSR count). The van der Waals surface area contributed by atoms with Crippen LogP contribution in [0.4, 0.5) is 5.69 Å². The lowest BCUT2D eigenvalue weighted by atomic mass is 10.0. The molecule has 0 spiro atoms. The van der Waals surface area contributed by atoms with Crippen LogP contribution < -0.4 is 11.1 Å². The molecule has 1 amide bonds. The Morgan fingerprint density at radius 3 is 2.67 bits per heavy atom. The van der Waals surface area contributed by atoms with E-state index < -0.39 is 16.4 Å². The first-order chi connectivity index (χ1) is 8.25. The molecule has 0 bridgehead atoms. The van der Waals surface area contributed by atoms with Gasteiger partial charge in [-0.25, -0.2) is 0 Å². The molecule has 0 atom stereocenters. The van der Waals surface area contributed by atoms with Crippen LogP contribution in [0.2, 0.25) is 5.02 Å². The van der Waals surface area contributed by atoms with Crippen LogP contribution in [0, 0.1) is 10.1 Å². The molecular formula is C11H14ClN3O3. The number of halogens is 1. The molecule has 0 aliphatic carbocycles. The maximum absolute atomic E-state index is 11.1. The summed E-state index contributed by atoms with van der Waals surface area (Å²) in [6.07, 6.45) is 0. The lowest BCUT2D eigenvalue weighted by Crippen LogP contribution is -2.50. The number of primary amides is 1. The van der Waals surface area contributed by atoms with Crippen LogP contribution in [0.1, 0.15) is 19.4 Å². The fourth-order valence-electron chi connectivity index (χ4n) is 1.29. The van der Waals surface area contributed by atoms with E-state index in [4.69, 9.17) is 17.3 Å². The van der Waals surface area contributed by atoms with Crippen molar-refractivity contribution in [3.8, 4) is 0 Å². The van der Waals surface area contributed by atoms with Crippen molar-refractivity contribution < 1.29 is 9.72 Å². The van der Waals surface area contributed by atoms with E-state index in [0.717, 1.165) is 0 Å². The summed E-state index contributed by atoms with van der Waals surface area (Å²) in [4.78, 5) is 21.5. The molecule has 0 aliphatic rings. The molecule has 7 heteroatoms. The number of nitrogens with zero attached hydrogens (tertiary/aromatic N) is 1. The van der Waals surface area contributed by atoms with Gasteiger partial charge in [0.15, 0.2) is 0 Å². The minimum Gasteiger partial charge on any atom is -0.368 e. The topological polar surface area (TPSA) is 98.3 Å². The Balaban J connectivity index is 2.98. The minimum absolute atomic E-state index is 0.0877. The molecule has 6 nitrogen and oxygen atoms in total. The molecule has 18 heavy (non-hydrogen) atoms. The molecule has 3 N–H and O–H groups in total. The maximum Gasteiger partial charge on any atom is 0.275 e. The van der Waals surface area contributed by atoms with Gasteiger partial charge in [-0.1, -0.05) is 17.7 Å². The summed E-state index contributed by atoms with van der Waals surface area (Å²) < 4.78 is 0. The normalized spacial score (nSPS) is 11.3. The molecule has 0 saturated heterocycles. The lowest BCUT2D eigenvalue weighted by Gasteiger charge is -2.22. The summed E-state index contributed by atoms with van der Waals surface area (Å²) in [5.41, 5.74) is 4.48. The van der Waals surface area contributed by atoms with Crippen LogP contribution in [0.5, 0.6) is 0 Å². The Hall–Kier alpha value is -1.66. The van der Waals surface area contributed by atoms with E-state index in [-0.39, 0.29) is 17.3 Å². The highest BCUT2D eigenvalue weighted by atomic mass is 35.5. The van der Waals surface area contributed by atoms with Crippen molar-refractivity contribution in [2.24, 2.45) is 5.73 Å². The van der Waals surface area contributed by atoms with Crippen molar-refractivity contribution in [2.45, 2.75) is 25.9 Å². The summed E-state index contributed by atoms with van der Waals surface area (Å²) in [6.45, 7) is 3.28. The van der Waals surface area contributed by atoms with Crippen molar-refractivity contribution in [1.29, 1.82) is 0 Å². The van der Waals surface area contributed by atoms with Gasteiger partial charge < -0.3 is 5.73 Å². The number of nitro groups is 1. The smallest absolute Gasteiger partial charge is 0.275 e. The van der Waals surface area contributed by atoms with Crippen molar-refractivity contribution in [3.05, 3.63) is 38.9 Å². The SMILES string of the molecule is CC(C)(NCc1c(Cl)cccc1[N+](=O)[O-])C(N)=O. The molecule has 0 fully saturated rings. The Kier molecular flexibility index (Phi) is 4.26. The van der Waals surface area contributed by atoms with E-state index in [2.05, 4.69) is 5.32 Å². The van der Waals surface area contributed by atoms with Gasteiger partial charge in [0.2, 0.25) is 5.91 Å². The zero-order valence-corrected chi connectivity index (χ0v) is 10.8. The van der Waals surface area contributed by atoms with E-state index >= 15 is 0 Å². The zero-order valence-electron chi connectivity index (χ0n) is 10.1. The van der Waals surface area contributed by atoms with Gasteiger partial charge in [0.25, 0.3) is 5.69 Å². The number of carbonyl (C=O) groups excluding carboxylic acids is 1. The summed E-state index contributed by atoms with van der Waals surface area (Å²) >= 11 is 5.92. The van der Waals surface area contributed by atoms with Crippen LogP contribution >= 0.6 is 11.6 Å². The van der Waals surface area contributed by atoms with Crippen molar-refractivity contribution in [3.63, 3.8) is 0 Å². The summed E-state index contributed by atoms with van der Waals surface area (Å²) in [5.74, 6) is -0.544. The Labute approximate surface area is 109 Å². The first-order valence-corrected chi connectivity index (χ1v) is 5.60. The predicted octanol–water partition coefficient (Wildman–Crippen LogP) is 1.60. The Bertz CT molecular complexity index is 488. The van der Waals surface area contributed by atoms with Crippen LogP contribution in [-0.4, -0.2) is 16.4 Å². The second kappa shape index (κ2) is 5.32. The number of benzene rings is 1. The number of nitro benzene ring substituents is 1. The van der Waals surface area contributed by atoms with Crippen LogP contribution in [0.25, 0.3) is 0 Å². The quantitative estimate of drug-likeness (QED) is 0.628. The molecule has 0 unspecified atom stereocenters. The largest absolute Gasteiger partial charge is 0.368 e. The predicted molar refractivity (Wildman–Crippen MR) is 68.2 cm³/mol. The molecule has 0 heterocycles. The highest BCUT2D eigenvalue weighted by molar-refractivity contribution is 6.31. The molecule has 1 aromatic carbocycles. The number of carbonyl (C=O) groups is 1. The van der Waals surface area contributed by atoms with Gasteiger partial charge in [0, 0.05) is 12.6 Å². The third-order valence-corrected chi connectivity index (χ3v) is 2.97. The highest BCUT2D eigenvalue weighted by Crippen LogP contribution is 2.26. The van der Waals surface area contributed by atoms with Crippen LogP contribution in [0.15, 0.2) is 18.2 Å². The first kappa shape index (κ1) is 14.4. The number of amides is 1. The molecular weight excluding hydrogens is 258 g/mol. The standard InChI is InChI=1S/C11H14ClN3O3/c1-11(2,10(13)16)14-6-7-8(12)4-3-5-9(7)15(17)18/h3-5,14H,6H2,1-2H3,(H2,13,16). The number of hydrogen-bond donors (Lipinski definition) is 2.